The molecule has 7 nitrogen and oxygen atoms in total. The highest BCUT2D eigenvalue weighted by Gasteiger charge is 2.32. The molecule has 1 fully saturated rings. The molecular weight excluding hydrogens is 315 g/mol. The number of carbonyl (C=O) groups is 2. The van der Waals surface area contributed by atoms with Crippen molar-refractivity contribution in [1.29, 1.82) is 0 Å². The van der Waals surface area contributed by atoms with Crippen molar-refractivity contribution in [2.75, 3.05) is 0 Å². The Labute approximate surface area is 127 Å². The molecular formula is C13H10F3N5O2. The van der Waals surface area contributed by atoms with Crippen LogP contribution in [0.4, 0.5) is 18.0 Å². The van der Waals surface area contributed by atoms with Gasteiger partial charge in [-0.05, 0) is 24.3 Å². The van der Waals surface area contributed by atoms with E-state index in [0.29, 0.717) is 11.5 Å². The molecule has 0 saturated carbocycles. The molecule has 0 spiro atoms. The van der Waals surface area contributed by atoms with Gasteiger partial charge in [-0.15, -0.1) is 0 Å². The molecule has 3 rings (SSSR count). The maximum absolute atomic E-state index is 12.6. The summed E-state index contributed by atoms with van der Waals surface area (Å²) in [7, 11) is 0. The molecule has 1 atom stereocenters. The zero-order valence-corrected chi connectivity index (χ0v) is 11.5. The van der Waals surface area contributed by atoms with Crippen molar-refractivity contribution in [3.05, 3.63) is 42.0 Å². The quantitative estimate of drug-likeness (QED) is 0.825. The highest BCUT2D eigenvalue weighted by molar-refractivity contribution is 6.04. The first-order chi connectivity index (χ1) is 10.8. The van der Waals surface area contributed by atoms with Crippen molar-refractivity contribution in [1.82, 2.24) is 25.4 Å². The van der Waals surface area contributed by atoms with Gasteiger partial charge in [0.15, 0.2) is 0 Å². The summed E-state index contributed by atoms with van der Waals surface area (Å²) < 4.78 is 39.0. The van der Waals surface area contributed by atoms with Crippen LogP contribution in [0.5, 0.6) is 0 Å². The summed E-state index contributed by atoms with van der Waals surface area (Å²) in [6, 6.07) is 3.00. The van der Waals surface area contributed by atoms with Crippen LogP contribution in [0.1, 0.15) is 11.4 Å². The summed E-state index contributed by atoms with van der Waals surface area (Å²) in [6.07, 6.45) is -3.13. The number of rotatable bonds is 3. The molecule has 23 heavy (non-hydrogen) atoms. The van der Waals surface area contributed by atoms with Crippen LogP contribution in [0.3, 0.4) is 0 Å². The molecule has 1 aromatic heterocycles. The SMILES string of the molecule is O=C1NC(=O)C(Cc2ncnn2-c2ccc(C(F)(F)F)cc2)N1. The molecule has 1 aromatic carbocycles. The second-order valence-electron chi connectivity index (χ2n) is 4.85. The number of imide groups is 1. The molecule has 1 aliphatic heterocycles. The zero-order chi connectivity index (χ0) is 16.6. The lowest BCUT2D eigenvalue weighted by atomic mass is 10.2. The fraction of sp³-hybridized carbons (Fsp3) is 0.231. The topological polar surface area (TPSA) is 88.9 Å². The van der Waals surface area contributed by atoms with Crippen LogP contribution in [-0.4, -0.2) is 32.7 Å². The first kappa shape index (κ1) is 15.0. The summed E-state index contributed by atoms with van der Waals surface area (Å²) in [5.41, 5.74) is -0.402. The van der Waals surface area contributed by atoms with Gasteiger partial charge in [0.1, 0.15) is 18.2 Å². The zero-order valence-electron chi connectivity index (χ0n) is 11.5. The van der Waals surface area contributed by atoms with Crippen LogP contribution in [-0.2, 0) is 17.4 Å². The van der Waals surface area contributed by atoms with E-state index in [1.807, 2.05) is 0 Å². The standard InChI is InChI=1S/C13H10F3N5O2/c14-13(15,16)7-1-3-8(4-2-7)21-10(17-6-18-21)5-9-11(22)20-12(23)19-9/h1-4,6,9H,5H2,(H2,19,20,22,23). The first-order valence-corrected chi connectivity index (χ1v) is 6.52. The second-order valence-corrected chi connectivity index (χ2v) is 4.85. The maximum Gasteiger partial charge on any atom is 0.416 e. The Morgan fingerprint density at radius 3 is 2.43 bits per heavy atom. The Morgan fingerprint density at radius 2 is 1.87 bits per heavy atom. The van der Waals surface area contributed by atoms with E-state index in [4.69, 9.17) is 0 Å². The van der Waals surface area contributed by atoms with E-state index in [0.717, 1.165) is 12.1 Å². The predicted molar refractivity (Wildman–Crippen MR) is 70.5 cm³/mol. The lowest BCUT2D eigenvalue weighted by molar-refractivity contribution is -0.137. The Hall–Kier alpha value is -2.91. The summed E-state index contributed by atoms with van der Waals surface area (Å²) in [5, 5.41) is 8.46. The summed E-state index contributed by atoms with van der Waals surface area (Å²) >= 11 is 0. The lowest BCUT2D eigenvalue weighted by Gasteiger charge is -2.10. The average molecular weight is 325 g/mol. The molecule has 1 saturated heterocycles. The van der Waals surface area contributed by atoms with Crippen LogP contribution in [0.15, 0.2) is 30.6 Å². The minimum atomic E-state index is -4.42. The Morgan fingerprint density at radius 1 is 1.17 bits per heavy atom. The van der Waals surface area contributed by atoms with E-state index in [9.17, 15) is 22.8 Å². The van der Waals surface area contributed by atoms with E-state index >= 15 is 0 Å². The number of aromatic nitrogens is 3. The van der Waals surface area contributed by atoms with E-state index in [1.165, 1.54) is 23.1 Å². The van der Waals surface area contributed by atoms with E-state index in [1.54, 1.807) is 0 Å². The number of nitrogens with zero attached hydrogens (tertiary/aromatic N) is 3. The molecule has 3 amide bonds. The van der Waals surface area contributed by atoms with Gasteiger partial charge in [-0.1, -0.05) is 0 Å². The van der Waals surface area contributed by atoms with Gasteiger partial charge in [0.05, 0.1) is 11.3 Å². The Balaban J connectivity index is 1.83. The largest absolute Gasteiger partial charge is 0.416 e. The maximum atomic E-state index is 12.6. The highest BCUT2D eigenvalue weighted by Crippen LogP contribution is 2.29. The number of halogens is 3. The fourth-order valence-electron chi connectivity index (χ4n) is 2.20. The molecule has 120 valence electrons. The molecule has 2 heterocycles. The third-order valence-electron chi connectivity index (χ3n) is 3.30. The Bertz CT molecular complexity index is 754. The minimum Gasteiger partial charge on any atom is -0.326 e. The lowest BCUT2D eigenvalue weighted by Crippen LogP contribution is -2.32. The normalized spacial score (nSPS) is 18.0. The van der Waals surface area contributed by atoms with Gasteiger partial charge in [-0.3, -0.25) is 10.1 Å². The van der Waals surface area contributed by atoms with Crippen LogP contribution in [0, 0.1) is 0 Å². The minimum absolute atomic E-state index is 0.0681. The highest BCUT2D eigenvalue weighted by atomic mass is 19.4. The van der Waals surface area contributed by atoms with Gasteiger partial charge in [0, 0.05) is 6.42 Å². The van der Waals surface area contributed by atoms with Crippen LogP contribution < -0.4 is 10.6 Å². The van der Waals surface area contributed by atoms with Crippen molar-refractivity contribution in [3.63, 3.8) is 0 Å². The summed E-state index contributed by atoms with van der Waals surface area (Å²) in [4.78, 5) is 26.6. The monoisotopic (exact) mass is 325 g/mol. The van der Waals surface area contributed by atoms with Crippen molar-refractivity contribution in [2.45, 2.75) is 18.6 Å². The first-order valence-electron chi connectivity index (χ1n) is 6.52. The smallest absolute Gasteiger partial charge is 0.326 e. The molecule has 10 heteroatoms. The third-order valence-corrected chi connectivity index (χ3v) is 3.30. The number of benzene rings is 1. The predicted octanol–water partition coefficient (Wildman–Crippen LogP) is 1.04. The second kappa shape index (κ2) is 5.38. The van der Waals surface area contributed by atoms with Crippen LogP contribution >= 0.6 is 0 Å². The number of nitrogens with one attached hydrogen (secondary N) is 2. The molecule has 1 aliphatic rings. The van der Waals surface area contributed by atoms with Crippen molar-refractivity contribution >= 4 is 11.9 Å². The van der Waals surface area contributed by atoms with Gasteiger partial charge in [0.2, 0.25) is 0 Å². The van der Waals surface area contributed by atoms with Gasteiger partial charge in [0.25, 0.3) is 5.91 Å². The van der Waals surface area contributed by atoms with E-state index in [2.05, 4.69) is 20.7 Å². The van der Waals surface area contributed by atoms with E-state index < -0.39 is 29.7 Å². The van der Waals surface area contributed by atoms with Crippen molar-refractivity contribution < 1.29 is 22.8 Å². The number of carbonyl (C=O) groups excluding carboxylic acids is 2. The number of urea groups is 1. The van der Waals surface area contributed by atoms with E-state index in [-0.39, 0.29) is 6.42 Å². The number of alkyl halides is 3. The Kier molecular flexibility index (Phi) is 3.51. The van der Waals surface area contributed by atoms with Crippen LogP contribution in [0.25, 0.3) is 5.69 Å². The summed E-state index contributed by atoms with van der Waals surface area (Å²) in [5.74, 6) is -0.149. The van der Waals surface area contributed by atoms with Crippen molar-refractivity contribution in [3.8, 4) is 5.69 Å². The van der Waals surface area contributed by atoms with Crippen LogP contribution in [0.2, 0.25) is 0 Å². The van der Waals surface area contributed by atoms with Gasteiger partial charge in [-0.2, -0.15) is 18.3 Å². The summed E-state index contributed by atoms with van der Waals surface area (Å²) in [6.45, 7) is 0. The van der Waals surface area contributed by atoms with Gasteiger partial charge in [-0.25, -0.2) is 14.5 Å². The molecule has 2 aromatic rings. The van der Waals surface area contributed by atoms with Gasteiger partial charge >= 0.3 is 12.2 Å². The molecule has 0 bridgehead atoms. The molecule has 1 unspecified atom stereocenters. The number of hydrogen-bond acceptors (Lipinski definition) is 4. The number of amides is 3. The van der Waals surface area contributed by atoms with Crippen molar-refractivity contribution in [2.24, 2.45) is 0 Å². The molecule has 2 N–H and O–H groups in total. The average Bonchev–Trinajstić information content (AvgIpc) is 3.05. The molecule has 0 aliphatic carbocycles. The fourth-order valence-corrected chi connectivity index (χ4v) is 2.20. The van der Waals surface area contributed by atoms with Gasteiger partial charge < -0.3 is 5.32 Å². The number of hydrogen-bond donors (Lipinski definition) is 2. The third kappa shape index (κ3) is 3.00. The molecule has 0 radical (unpaired) electrons.